The van der Waals surface area contributed by atoms with Crippen LogP contribution in [-0.4, -0.2) is 41.4 Å². The highest BCUT2D eigenvalue weighted by Crippen LogP contribution is 2.43. The van der Waals surface area contributed by atoms with E-state index in [1.807, 2.05) is 11.3 Å². The highest BCUT2D eigenvalue weighted by atomic mass is 32.1. The molecule has 0 aliphatic heterocycles. The molecule has 2 heterocycles. The summed E-state index contributed by atoms with van der Waals surface area (Å²) < 4.78 is 5.00. The van der Waals surface area contributed by atoms with Crippen LogP contribution in [0.1, 0.15) is 54.3 Å². The van der Waals surface area contributed by atoms with E-state index in [1.165, 1.54) is 47.9 Å². The Morgan fingerprint density at radius 3 is 2.92 bits per heavy atom. The summed E-state index contributed by atoms with van der Waals surface area (Å²) >= 11 is 1.86. The summed E-state index contributed by atoms with van der Waals surface area (Å²) in [4.78, 5) is 12.4. The zero-order valence-corrected chi connectivity index (χ0v) is 15.0. The molecule has 2 aromatic heterocycles. The molecular weight excluding hydrogens is 322 g/mol. The first-order valence-corrected chi connectivity index (χ1v) is 9.81. The van der Waals surface area contributed by atoms with Crippen molar-refractivity contribution in [3.63, 3.8) is 0 Å². The summed E-state index contributed by atoms with van der Waals surface area (Å²) in [7, 11) is 1.62. The fourth-order valence-corrected chi connectivity index (χ4v) is 4.73. The summed E-state index contributed by atoms with van der Waals surface area (Å²) in [5, 5.41) is 14.6. The number of aliphatic hydroxyl groups is 1. The molecule has 2 aromatic rings. The van der Waals surface area contributed by atoms with Gasteiger partial charge in [0.05, 0.1) is 18.1 Å². The lowest BCUT2D eigenvalue weighted by Gasteiger charge is -2.14. The fourth-order valence-electron chi connectivity index (χ4n) is 3.46. The van der Waals surface area contributed by atoms with Gasteiger partial charge in [-0.2, -0.15) is 0 Å². The predicted molar refractivity (Wildman–Crippen MR) is 97.0 cm³/mol. The van der Waals surface area contributed by atoms with Crippen LogP contribution in [-0.2, 0) is 17.6 Å². The first-order chi connectivity index (χ1) is 11.8. The molecule has 0 amide bonds. The lowest BCUT2D eigenvalue weighted by Crippen LogP contribution is -2.19. The Balaban J connectivity index is 1.62. The molecule has 0 bridgehead atoms. The number of hydrogen-bond acceptors (Lipinski definition) is 6. The highest BCUT2D eigenvalue weighted by Gasteiger charge is 2.29. The minimum atomic E-state index is -0.431. The number of hydrogen-bond donors (Lipinski definition) is 2. The Labute approximate surface area is 146 Å². The molecule has 130 valence electrons. The Hall–Kier alpha value is -1.24. The number of nitrogens with one attached hydrogen (secondary N) is 1. The summed E-state index contributed by atoms with van der Waals surface area (Å²) in [5.74, 6) is 2.53. The Morgan fingerprint density at radius 2 is 2.12 bits per heavy atom. The fraction of sp³-hybridized carbons (Fsp3) is 0.667. The summed E-state index contributed by atoms with van der Waals surface area (Å²) in [6.07, 6.45) is 7.52. The van der Waals surface area contributed by atoms with Crippen LogP contribution in [0.25, 0.3) is 10.2 Å². The number of anilines is 1. The molecule has 4 rings (SSSR count). The number of fused-ring (bicyclic) bond motifs is 3. The number of ether oxygens (including phenoxy) is 1. The minimum absolute atomic E-state index is 0.377. The van der Waals surface area contributed by atoms with Gasteiger partial charge in [-0.3, -0.25) is 0 Å². The van der Waals surface area contributed by atoms with Crippen molar-refractivity contribution < 1.29 is 9.84 Å². The van der Waals surface area contributed by atoms with Gasteiger partial charge in [-0.25, -0.2) is 9.97 Å². The first kappa shape index (κ1) is 16.2. The number of aryl methyl sites for hydroxylation is 2. The third-order valence-electron chi connectivity index (χ3n) is 4.90. The molecule has 0 saturated heterocycles. The monoisotopic (exact) mass is 347 g/mol. The molecule has 2 N–H and O–H groups in total. The normalized spacial score (nSPS) is 18.6. The summed E-state index contributed by atoms with van der Waals surface area (Å²) in [6, 6.07) is 0. The van der Waals surface area contributed by atoms with Crippen molar-refractivity contribution in [1.82, 2.24) is 9.97 Å². The van der Waals surface area contributed by atoms with E-state index in [0.29, 0.717) is 25.5 Å². The average molecular weight is 347 g/mol. The van der Waals surface area contributed by atoms with E-state index >= 15 is 0 Å². The lowest BCUT2D eigenvalue weighted by atomic mass is 9.97. The SMILES string of the molecule is COCC(O)CCNc1nc(C2CC2)nc2sc3c(c12)CCCC3. The molecule has 0 spiro atoms. The average Bonchev–Trinajstić information content (AvgIpc) is 3.35. The van der Waals surface area contributed by atoms with Gasteiger partial charge < -0.3 is 15.2 Å². The summed E-state index contributed by atoms with van der Waals surface area (Å²) in [5.41, 5.74) is 1.46. The quantitative estimate of drug-likeness (QED) is 0.805. The van der Waals surface area contributed by atoms with Gasteiger partial charge in [-0.15, -0.1) is 11.3 Å². The Kier molecular flexibility index (Phi) is 4.70. The van der Waals surface area contributed by atoms with E-state index in [1.54, 1.807) is 7.11 Å². The van der Waals surface area contributed by atoms with Crippen LogP contribution < -0.4 is 5.32 Å². The van der Waals surface area contributed by atoms with Crippen LogP contribution >= 0.6 is 11.3 Å². The van der Waals surface area contributed by atoms with Crippen molar-refractivity contribution in [2.75, 3.05) is 25.6 Å². The van der Waals surface area contributed by atoms with Crippen LogP contribution in [0.5, 0.6) is 0 Å². The van der Waals surface area contributed by atoms with E-state index in [2.05, 4.69) is 5.32 Å². The maximum atomic E-state index is 9.85. The molecule has 1 atom stereocenters. The van der Waals surface area contributed by atoms with E-state index in [0.717, 1.165) is 22.9 Å². The number of methoxy groups -OCH3 is 1. The molecule has 0 aromatic carbocycles. The van der Waals surface area contributed by atoms with E-state index < -0.39 is 6.10 Å². The van der Waals surface area contributed by atoms with Crippen molar-refractivity contribution in [2.45, 2.75) is 57.0 Å². The molecule has 0 radical (unpaired) electrons. The van der Waals surface area contributed by atoms with E-state index in [4.69, 9.17) is 14.7 Å². The number of aromatic nitrogens is 2. The molecule has 2 aliphatic rings. The number of nitrogens with zero attached hydrogens (tertiary/aromatic N) is 2. The number of rotatable bonds is 7. The van der Waals surface area contributed by atoms with Crippen molar-refractivity contribution in [1.29, 1.82) is 0 Å². The minimum Gasteiger partial charge on any atom is -0.391 e. The van der Waals surface area contributed by atoms with Gasteiger partial charge in [0.2, 0.25) is 0 Å². The van der Waals surface area contributed by atoms with Crippen molar-refractivity contribution in [3.05, 3.63) is 16.3 Å². The molecule has 1 unspecified atom stereocenters. The molecule has 1 saturated carbocycles. The van der Waals surface area contributed by atoms with E-state index in [-0.39, 0.29) is 0 Å². The Bertz CT molecular complexity index is 727. The second-order valence-corrected chi connectivity index (χ2v) is 8.00. The second-order valence-electron chi connectivity index (χ2n) is 6.92. The Morgan fingerprint density at radius 1 is 1.29 bits per heavy atom. The maximum Gasteiger partial charge on any atom is 0.138 e. The standard InChI is InChI=1S/C18H25N3O2S/c1-23-10-12(22)8-9-19-17-15-13-4-2-3-5-14(13)24-18(15)21-16(20-17)11-6-7-11/h11-12,22H,2-10H2,1H3,(H,19,20,21). The van der Waals surface area contributed by atoms with Gasteiger partial charge in [0.25, 0.3) is 0 Å². The highest BCUT2D eigenvalue weighted by molar-refractivity contribution is 7.19. The van der Waals surface area contributed by atoms with Crippen LogP contribution in [0.3, 0.4) is 0 Å². The van der Waals surface area contributed by atoms with Gasteiger partial charge in [0.15, 0.2) is 0 Å². The molecular formula is C18H25N3O2S. The first-order valence-electron chi connectivity index (χ1n) is 8.99. The number of aliphatic hydroxyl groups excluding tert-OH is 1. The molecule has 1 fully saturated rings. The largest absolute Gasteiger partial charge is 0.391 e. The van der Waals surface area contributed by atoms with Gasteiger partial charge in [0.1, 0.15) is 16.5 Å². The number of thiophene rings is 1. The topological polar surface area (TPSA) is 67.3 Å². The van der Waals surface area contributed by atoms with Gasteiger partial charge in [-0.1, -0.05) is 0 Å². The smallest absolute Gasteiger partial charge is 0.138 e. The van der Waals surface area contributed by atoms with Crippen molar-refractivity contribution in [2.24, 2.45) is 0 Å². The van der Waals surface area contributed by atoms with Gasteiger partial charge in [0, 0.05) is 24.4 Å². The second kappa shape index (κ2) is 6.94. The summed E-state index contributed by atoms with van der Waals surface area (Å²) in [6.45, 7) is 1.08. The van der Waals surface area contributed by atoms with Gasteiger partial charge >= 0.3 is 0 Å². The van der Waals surface area contributed by atoms with E-state index in [9.17, 15) is 5.11 Å². The van der Waals surface area contributed by atoms with Gasteiger partial charge in [-0.05, 0) is 50.5 Å². The van der Waals surface area contributed by atoms with Crippen LogP contribution in [0, 0.1) is 0 Å². The van der Waals surface area contributed by atoms with Crippen molar-refractivity contribution >= 4 is 27.4 Å². The lowest BCUT2D eigenvalue weighted by molar-refractivity contribution is 0.0615. The predicted octanol–water partition coefficient (Wildman–Crippen LogP) is 3.26. The molecule has 5 nitrogen and oxygen atoms in total. The molecule has 6 heteroatoms. The van der Waals surface area contributed by atoms with Crippen LogP contribution in [0.2, 0.25) is 0 Å². The zero-order valence-electron chi connectivity index (χ0n) is 14.2. The van der Waals surface area contributed by atoms with Crippen molar-refractivity contribution in [3.8, 4) is 0 Å². The maximum absolute atomic E-state index is 9.85. The molecule has 24 heavy (non-hydrogen) atoms. The third-order valence-corrected chi connectivity index (χ3v) is 6.09. The third kappa shape index (κ3) is 3.27. The van der Waals surface area contributed by atoms with Crippen LogP contribution in [0.4, 0.5) is 5.82 Å². The zero-order chi connectivity index (χ0) is 16.5. The molecule has 2 aliphatic carbocycles. The van der Waals surface area contributed by atoms with Crippen LogP contribution in [0.15, 0.2) is 0 Å².